The van der Waals surface area contributed by atoms with Crippen LogP contribution < -0.4 is 9.80 Å². The number of hydrogen-bond donors (Lipinski definition) is 0. The maximum Gasteiger partial charge on any atom is 0.0568 e. The topological polar surface area (TPSA) is 11.4 Å². The van der Waals surface area contributed by atoms with Crippen LogP contribution >= 0.6 is 0 Å². The molecule has 0 aliphatic rings. The minimum atomic E-state index is 1.11. The van der Waals surface area contributed by atoms with Crippen LogP contribution in [0.3, 0.4) is 0 Å². The van der Waals surface area contributed by atoms with Gasteiger partial charge in [-0.1, -0.05) is 140 Å². The molecule has 1 heterocycles. The van der Waals surface area contributed by atoms with Gasteiger partial charge in [-0.25, -0.2) is 0 Å². The Balaban J connectivity index is 1.33. The lowest BCUT2D eigenvalue weighted by molar-refractivity contribution is 1.18. The van der Waals surface area contributed by atoms with Gasteiger partial charge < -0.3 is 14.4 Å². The van der Waals surface area contributed by atoms with Gasteiger partial charge in [0.05, 0.1) is 22.4 Å². The van der Waals surface area contributed by atoms with Gasteiger partial charge in [-0.05, 0) is 119 Å². The lowest BCUT2D eigenvalue weighted by atomic mass is 9.96. The molecule has 10 aromatic carbocycles. The third-order valence-corrected chi connectivity index (χ3v) is 11.8. The van der Waals surface area contributed by atoms with Gasteiger partial charge in [-0.15, -0.1) is 0 Å². The molecule has 0 radical (unpaired) electrons. The third kappa shape index (κ3) is 5.82. The van der Waals surface area contributed by atoms with Crippen LogP contribution in [0.15, 0.2) is 212 Å². The monoisotopic (exact) mass is 755 g/mol. The first kappa shape index (κ1) is 34.6. The Labute approximate surface area is 344 Å². The van der Waals surface area contributed by atoms with E-state index >= 15 is 0 Å². The molecule has 0 fully saturated rings. The van der Waals surface area contributed by atoms with E-state index in [4.69, 9.17) is 0 Å². The molecule has 0 aliphatic heterocycles. The molecular formula is C56H41N3. The van der Waals surface area contributed by atoms with Crippen LogP contribution in [0.5, 0.6) is 0 Å². The Morgan fingerprint density at radius 3 is 1.24 bits per heavy atom. The summed E-state index contributed by atoms with van der Waals surface area (Å²) in [6.07, 6.45) is 0. The highest BCUT2D eigenvalue weighted by atomic mass is 15.2. The predicted molar refractivity (Wildman–Crippen MR) is 252 cm³/mol. The van der Waals surface area contributed by atoms with E-state index < -0.39 is 0 Å². The normalized spacial score (nSPS) is 11.6. The van der Waals surface area contributed by atoms with E-state index in [-0.39, 0.29) is 0 Å². The molecule has 11 aromatic rings. The summed E-state index contributed by atoms with van der Waals surface area (Å²) in [6.45, 7) is 4.34. The largest absolute Gasteiger partial charge is 0.310 e. The van der Waals surface area contributed by atoms with Crippen molar-refractivity contribution in [1.82, 2.24) is 4.57 Å². The molecule has 0 N–H and O–H groups in total. The zero-order valence-corrected chi connectivity index (χ0v) is 33.0. The van der Waals surface area contributed by atoms with Crippen molar-refractivity contribution in [1.29, 1.82) is 0 Å². The van der Waals surface area contributed by atoms with E-state index in [2.05, 4.69) is 241 Å². The predicted octanol–water partition coefficient (Wildman–Crippen LogP) is 15.8. The quantitative estimate of drug-likeness (QED) is 0.160. The molecule has 0 bridgehead atoms. The van der Waals surface area contributed by atoms with Crippen LogP contribution in [-0.2, 0) is 0 Å². The molecule has 0 saturated heterocycles. The maximum atomic E-state index is 2.52. The van der Waals surface area contributed by atoms with E-state index in [1.165, 1.54) is 54.2 Å². The summed E-state index contributed by atoms with van der Waals surface area (Å²) >= 11 is 0. The number of anilines is 6. The molecule has 59 heavy (non-hydrogen) atoms. The second-order valence-electron chi connectivity index (χ2n) is 15.6. The minimum Gasteiger partial charge on any atom is -0.310 e. The first-order valence-corrected chi connectivity index (χ1v) is 20.4. The van der Waals surface area contributed by atoms with Gasteiger partial charge in [0.15, 0.2) is 0 Å². The fourth-order valence-electron chi connectivity index (χ4n) is 9.20. The van der Waals surface area contributed by atoms with E-state index in [0.717, 1.165) is 50.8 Å². The van der Waals surface area contributed by atoms with Crippen LogP contribution in [0.25, 0.3) is 59.8 Å². The van der Waals surface area contributed by atoms with Gasteiger partial charge in [0, 0.05) is 50.0 Å². The smallest absolute Gasteiger partial charge is 0.0568 e. The van der Waals surface area contributed by atoms with Crippen molar-refractivity contribution in [3.63, 3.8) is 0 Å². The second-order valence-corrected chi connectivity index (χ2v) is 15.6. The Bertz CT molecular complexity index is 3180. The van der Waals surface area contributed by atoms with Gasteiger partial charge in [0.2, 0.25) is 0 Å². The molecule has 280 valence electrons. The Kier molecular flexibility index (Phi) is 8.27. The molecule has 0 unspecified atom stereocenters. The van der Waals surface area contributed by atoms with Crippen molar-refractivity contribution in [2.75, 3.05) is 9.80 Å². The summed E-state index contributed by atoms with van der Waals surface area (Å²) in [4.78, 5) is 4.85. The number of aromatic nitrogens is 1. The van der Waals surface area contributed by atoms with E-state index in [1.54, 1.807) is 0 Å². The van der Waals surface area contributed by atoms with Gasteiger partial charge >= 0.3 is 0 Å². The number of para-hydroxylation sites is 2. The third-order valence-electron chi connectivity index (χ3n) is 11.8. The Morgan fingerprint density at radius 1 is 0.322 bits per heavy atom. The molecule has 3 heteroatoms. The summed E-state index contributed by atoms with van der Waals surface area (Å²) in [7, 11) is 0. The summed E-state index contributed by atoms with van der Waals surface area (Å²) < 4.78 is 2.52. The number of nitrogens with zero attached hydrogens (tertiary/aromatic N) is 3. The average molecular weight is 756 g/mol. The standard InChI is InChI=1S/C56H41N3/c1-38-17-15-25-44(33-38)57(42-21-5-3-6-22-42)51-36-53-55(49-29-13-11-27-47(49)51)56-50-30-14-12-28-48(50)52(58(43-23-7-4-8-24-43)45-26-16-18-39(2)34-45)37-54(56)59(53)46-32-31-40-19-9-10-20-41(40)35-46/h3-37H,1-2H3. The van der Waals surface area contributed by atoms with Crippen molar-refractivity contribution < 1.29 is 0 Å². The zero-order valence-electron chi connectivity index (χ0n) is 33.0. The highest BCUT2D eigenvalue weighted by molar-refractivity contribution is 6.32. The number of benzene rings is 10. The number of fused-ring (bicyclic) bond motifs is 8. The Hall–Kier alpha value is -7.62. The lowest BCUT2D eigenvalue weighted by Crippen LogP contribution is -2.11. The number of aryl methyl sites for hydroxylation is 2. The molecule has 11 rings (SSSR count). The summed E-state index contributed by atoms with van der Waals surface area (Å²) in [5.41, 5.74) is 12.6. The van der Waals surface area contributed by atoms with Crippen molar-refractivity contribution in [2.24, 2.45) is 0 Å². The molecular weight excluding hydrogens is 715 g/mol. The maximum absolute atomic E-state index is 2.52. The Morgan fingerprint density at radius 2 is 0.746 bits per heavy atom. The summed E-state index contributed by atoms with van der Waals surface area (Å²) in [5.74, 6) is 0. The van der Waals surface area contributed by atoms with Crippen LogP contribution in [0.1, 0.15) is 11.1 Å². The number of hydrogen-bond acceptors (Lipinski definition) is 2. The summed E-state index contributed by atoms with van der Waals surface area (Å²) in [6, 6.07) is 77.6. The van der Waals surface area contributed by atoms with Gasteiger partial charge in [-0.2, -0.15) is 0 Å². The van der Waals surface area contributed by atoms with Crippen molar-refractivity contribution in [3.05, 3.63) is 223 Å². The molecule has 0 amide bonds. The molecule has 0 aliphatic carbocycles. The van der Waals surface area contributed by atoms with Crippen molar-refractivity contribution in [2.45, 2.75) is 13.8 Å². The molecule has 3 nitrogen and oxygen atoms in total. The highest BCUT2D eigenvalue weighted by Crippen LogP contribution is 2.50. The SMILES string of the molecule is Cc1cccc(N(c2ccccc2)c2cc3c(c4ccccc24)c2c4ccccc4c(N(c4ccccc4)c4cccc(C)c4)cc2n3-c2ccc3ccccc3c2)c1. The van der Waals surface area contributed by atoms with Crippen LogP contribution in [-0.4, -0.2) is 4.57 Å². The summed E-state index contributed by atoms with van der Waals surface area (Å²) in [5, 5.41) is 9.74. The first-order valence-electron chi connectivity index (χ1n) is 20.4. The lowest BCUT2D eigenvalue weighted by Gasteiger charge is -2.27. The highest BCUT2D eigenvalue weighted by Gasteiger charge is 2.26. The van der Waals surface area contributed by atoms with Crippen molar-refractivity contribution in [3.8, 4) is 5.69 Å². The van der Waals surface area contributed by atoms with Crippen molar-refractivity contribution >= 4 is 88.2 Å². The minimum absolute atomic E-state index is 1.11. The van der Waals surface area contributed by atoms with E-state index in [0.29, 0.717) is 0 Å². The van der Waals surface area contributed by atoms with Gasteiger partial charge in [0.25, 0.3) is 0 Å². The molecule has 1 aromatic heterocycles. The van der Waals surface area contributed by atoms with E-state index in [9.17, 15) is 0 Å². The van der Waals surface area contributed by atoms with Gasteiger partial charge in [0.1, 0.15) is 0 Å². The van der Waals surface area contributed by atoms with Crippen LogP contribution in [0.2, 0.25) is 0 Å². The first-order chi connectivity index (χ1) is 29.1. The molecule has 0 spiro atoms. The average Bonchev–Trinajstić information content (AvgIpc) is 3.61. The van der Waals surface area contributed by atoms with Crippen LogP contribution in [0.4, 0.5) is 34.1 Å². The molecule has 0 atom stereocenters. The van der Waals surface area contributed by atoms with Crippen LogP contribution in [0, 0.1) is 13.8 Å². The molecule has 0 saturated carbocycles. The van der Waals surface area contributed by atoms with E-state index in [1.807, 2.05) is 0 Å². The second kappa shape index (κ2) is 14.1. The fraction of sp³-hybridized carbons (Fsp3) is 0.0357. The van der Waals surface area contributed by atoms with Gasteiger partial charge in [-0.3, -0.25) is 0 Å². The number of rotatable bonds is 7. The fourth-order valence-corrected chi connectivity index (χ4v) is 9.20. The zero-order chi connectivity index (χ0) is 39.5.